The Morgan fingerprint density at radius 3 is 2.52 bits per heavy atom. The number of fused-ring (bicyclic) bond motifs is 1. The number of amides is 1. The fraction of sp³-hybridized carbons (Fsp3) is 0.233. The number of aryl methyl sites for hydroxylation is 1. The molecular formula is C30H29FN6O4S. The Hall–Kier alpha value is -4.71. The van der Waals surface area contributed by atoms with Gasteiger partial charge in [-0.3, -0.25) is 14.5 Å². The van der Waals surface area contributed by atoms with E-state index in [-0.39, 0.29) is 40.0 Å². The molecule has 3 heterocycles. The summed E-state index contributed by atoms with van der Waals surface area (Å²) in [6.45, 7) is 7.67. The van der Waals surface area contributed by atoms with Crippen molar-refractivity contribution in [1.29, 1.82) is 0 Å². The van der Waals surface area contributed by atoms with E-state index in [1.165, 1.54) is 36.8 Å². The quantitative estimate of drug-likeness (QED) is 0.256. The van der Waals surface area contributed by atoms with Crippen LogP contribution in [0, 0.1) is 12.7 Å². The average molecular weight is 589 g/mol. The van der Waals surface area contributed by atoms with E-state index in [0.717, 1.165) is 0 Å². The van der Waals surface area contributed by atoms with Crippen LogP contribution in [-0.4, -0.2) is 39.3 Å². The summed E-state index contributed by atoms with van der Waals surface area (Å²) in [5, 5.41) is 14.9. The fourth-order valence-corrected chi connectivity index (χ4v) is 5.73. The molecule has 0 spiro atoms. The number of ether oxygens (including phenoxy) is 1. The fourth-order valence-electron chi connectivity index (χ4n) is 4.38. The number of pyridine rings is 1. The monoisotopic (exact) mass is 588 g/mol. The van der Waals surface area contributed by atoms with Crippen molar-refractivity contribution in [3.63, 3.8) is 0 Å². The Balaban J connectivity index is 1.36. The van der Waals surface area contributed by atoms with Crippen molar-refractivity contribution in [3.05, 3.63) is 96.0 Å². The third kappa shape index (κ3) is 6.44. The van der Waals surface area contributed by atoms with E-state index >= 15 is 4.39 Å². The Morgan fingerprint density at radius 2 is 1.83 bits per heavy atom. The summed E-state index contributed by atoms with van der Waals surface area (Å²) < 4.78 is 49.3. The summed E-state index contributed by atoms with van der Waals surface area (Å²) in [6, 6.07) is 10.6. The molecule has 0 fully saturated rings. The van der Waals surface area contributed by atoms with Crippen LogP contribution in [0.4, 0.5) is 10.1 Å². The smallest absolute Gasteiger partial charge is 0.228 e. The van der Waals surface area contributed by atoms with Crippen LogP contribution in [0.2, 0.25) is 0 Å². The highest BCUT2D eigenvalue weighted by Crippen LogP contribution is 2.34. The van der Waals surface area contributed by atoms with Gasteiger partial charge in [-0.25, -0.2) is 12.8 Å². The number of rotatable bonds is 8. The molecule has 0 bridgehead atoms. The molecule has 0 unspecified atom stereocenters. The molecule has 1 N–H and O–H groups in total. The predicted molar refractivity (Wildman–Crippen MR) is 155 cm³/mol. The number of carbonyl (C=O) groups excluding carboxylic acids is 1. The van der Waals surface area contributed by atoms with Gasteiger partial charge in [0.15, 0.2) is 21.4 Å². The molecule has 0 aliphatic heterocycles. The second-order valence-electron chi connectivity index (χ2n) is 10.9. The minimum Gasteiger partial charge on any atom is -0.453 e. The highest BCUT2D eigenvalue weighted by Gasteiger charge is 2.20. The van der Waals surface area contributed by atoms with Gasteiger partial charge in [-0.15, -0.1) is 0 Å². The average Bonchev–Trinajstić information content (AvgIpc) is 3.40. The maximum absolute atomic E-state index is 15.3. The normalized spacial score (nSPS) is 11.9. The Labute approximate surface area is 242 Å². The predicted octanol–water partition coefficient (Wildman–Crippen LogP) is 5.37. The van der Waals surface area contributed by atoms with Crippen molar-refractivity contribution < 1.29 is 22.3 Å². The Bertz CT molecular complexity index is 1860. The number of sulfone groups is 1. The van der Waals surface area contributed by atoms with Crippen molar-refractivity contribution in [2.75, 3.05) is 5.32 Å². The summed E-state index contributed by atoms with van der Waals surface area (Å²) >= 11 is 0. The number of halogens is 1. The molecule has 0 radical (unpaired) electrons. The summed E-state index contributed by atoms with van der Waals surface area (Å²) in [6.07, 6.45) is 7.59. The molecule has 0 aliphatic rings. The van der Waals surface area contributed by atoms with Crippen molar-refractivity contribution in [2.24, 2.45) is 0 Å². The van der Waals surface area contributed by atoms with Crippen LogP contribution in [0.1, 0.15) is 37.5 Å². The first-order chi connectivity index (χ1) is 19.9. The van der Waals surface area contributed by atoms with Gasteiger partial charge in [0, 0.05) is 24.0 Å². The first-order valence-corrected chi connectivity index (χ1v) is 14.7. The number of aromatic nitrogens is 5. The maximum atomic E-state index is 15.3. The van der Waals surface area contributed by atoms with Crippen molar-refractivity contribution >= 4 is 32.3 Å². The molecule has 0 atom stereocenters. The summed E-state index contributed by atoms with van der Waals surface area (Å²) in [4.78, 5) is 17.0. The molecule has 0 aliphatic carbocycles. The molecule has 5 rings (SSSR count). The minimum atomic E-state index is -3.72. The lowest BCUT2D eigenvalue weighted by molar-refractivity contribution is -0.115. The zero-order valence-electron chi connectivity index (χ0n) is 23.5. The van der Waals surface area contributed by atoms with E-state index in [1.54, 1.807) is 48.3 Å². The van der Waals surface area contributed by atoms with Crippen molar-refractivity contribution in [3.8, 4) is 11.5 Å². The van der Waals surface area contributed by atoms with Gasteiger partial charge in [0.05, 0.1) is 46.2 Å². The van der Waals surface area contributed by atoms with Crippen LogP contribution >= 0.6 is 0 Å². The van der Waals surface area contributed by atoms with Crippen LogP contribution in [0.15, 0.2) is 78.3 Å². The highest BCUT2D eigenvalue weighted by molar-refractivity contribution is 7.90. The number of benzene rings is 2. The third-order valence-electron chi connectivity index (χ3n) is 6.45. The molecule has 5 aromatic rings. The maximum Gasteiger partial charge on any atom is 0.228 e. The van der Waals surface area contributed by atoms with Gasteiger partial charge in [-0.2, -0.15) is 15.3 Å². The van der Waals surface area contributed by atoms with Gasteiger partial charge in [0.25, 0.3) is 0 Å². The number of nitrogens with one attached hydrogen (secondary N) is 1. The van der Waals surface area contributed by atoms with Gasteiger partial charge < -0.3 is 10.1 Å². The number of nitrogens with zero attached hydrogens (tertiary/aromatic N) is 5. The second-order valence-corrected chi connectivity index (χ2v) is 12.9. The van der Waals surface area contributed by atoms with E-state index in [0.29, 0.717) is 33.3 Å². The number of carbonyl (C=O) groups is 1. The largest absolute Gasteiger partial charge is 0.453 e. The molecule has 1 amide bonds. The molecule has 2 aromatic carbocycles. The summed E-state index contributed by atoms with van der Waals surface area (Å²) in [7, 11) is -3.72. The SMILES string of the molecule is Cc1cc(CC(=O)Nc2cnn(C(C)(C)C)c2)cc(F)c1Oc1ccnc2ccc(S(=O)(=O)Cc3ccnnc3)cc12. The third-order valence-corrected chi connectivity index (χ3v) is 8.14. The molecule has 0 saturated heterocycles. The van der Waals surface area contributed by atoms with Crippen LogP contribution < -0.4 is 10.1 Å². The van der Waals surface area contributed by atoms with E-state index in [2.05, 4.69) is 25.6 Å². The molecule has 0 saturated carbocycles. The molecule has 3 aromatic heterocycles. The number of hydrogen-bond acceptors (Lipinski definition) is 8. The summed E-state index contributed by atoms with van der Waals surface area (Å²) in [5.41, 5.74) is 2.24. The van der Waals surface area contributed by atoms with E-state index in [4.69, 9.17) is 4.74 Å². The van der Waals surface area contributed by atoms with Gasteiger partial charge in [-0.05, 0) is 80.8 Å². The first kappa shape index (κ1) is 28.8. The zero-order valence-corrected chi connectivity index (χ0v) is 24.3. The van der Waals surface area contributed by atoms with Crippen LogP contribution in [0.3, 0.4) is 0 Å². The first-order valence-electron chi connectivity index (χ1n) is 13.1. The van der Waals surface area contributed by atoms with E-state index in [1.807, 2.05) is 20.8 Å². The van der Waals surface area contributed by atoms with Crippen LogP contribution in [0.25, 0.3) is 10.9 Å². The van der Waals surface area contributed by atoms with E-state index < -0.39 is 15.7 Å². The molecule has 12 heteroatoms. The number of hydrogen-bond donors (Lipinski definition) is 1. The van der Waals surface area contributed by atoms with Gasteiger partial charge >= 0.3 is 0 Å². The second kappa shape index (κ2) is 11.3. The summed E-state index contributed by atoms with van der Waals surface area (Å²) in [5.74, 6) is -1.02. The van der Waals surface area contributed by atoms with Crippen molar-refractivity contribution in [2.45, 2.75) is 50.3 Å². The Kier molecular flexibility index (Phi) is 7.74. The molecule has 10 nitrogen and oxygen atoms in total. The van der Waals surface area contributed by atoms with Crippen LogP contribution in [-0.2, 0) is 32.3 Å². The lowest BCUT2D eigenvalue weighted by Crippen LogP contribution is -2.22. The number of anilines is 1. The van der Waals surface area contributed by atoms with Gasteiger partial charge in [-0.1, -0.05) is 6.07 Å². The lowest BCUT2D eigenvalue weighted by Gasteiger charge is -2.18. The Morgan fingerprint density at radius 1 is 1.02 bits per heavy atom. The van der Waals surface area contributed by atoms with Gasteiger partial charge in [0.2, 0.25) is 5.91 Å². The van der Waals surface area contributed by atoms with Crippen LogP contribution in [0.5, 0.6) is 11.5 Å². The molecule has 42 heavy (non-hydrogen) atoms. The molecular weight excluding hydrogens is 559 g/mol. The standard InChI is InChI=1S/C30H29FN6O4S/c1-19-11-21(13-28(38)36-22-16-35-37(17-22)30(2,3)4)12-25(31)29(19)41-27-8-9-32-26-6-5-23(14-24(26)27)42(39,40)18-20-7-10-33-34-15-20/h5-12,14-17H,13,18H2,1-4H3,(H,36,38). The van der Waals surface area contributed by atoms with E-state index in [9.17, 15) is 13.2 Å². The van der Waals surface area contributed by atoms with Gasteiger partial charge in [0.1, 0.15) is 5.75 Å². The highest BCUT2D eigenvalue weighted by atomic mass is 32.2. The van der Waals surface area contributed by atoms with Crippen molar-refractivity contribution in [1.82, 2.24) is 25.0 Å². The molecule has 216 valence electrons. The lowest BCUT2D eigenvalue weighted by atomic mass is 10.1. The topological polar surface area (TPSA) is 129 Å². The zero-order chi connectivity index (χ0) is 30.1. The minimum absolute atomic E-state index is 0.0331.